The fraction of sp³-hybridized carbons (Fsp3) is 0.0800. The minimum absolute atomic E-state index is 0.00406. The first-order valence-corrected chi connectivity index (χ1v) is 10.8. The van der Waals surface area contributed by atoms with Crippen molar-refractivity contribution in [2.75, 3.05) is 0 Å². The Hall–Kier alpha value is -3.08. The number of aliphatic carboxylic acids is 1. The van der Waals surface area contributed by atoms with E-state index in [2.05, 4.69) is 10.8 Å². The average molecular weight is 435 g/mol. The van der Waals surface area contributed by atoms with Crippen LogP contribution in [0.3, 0.4) is 0 Å². The molecule has 0 aliphatic rings. The molecule has 0 aliphatic heterocycles. The number of benzene rings is 3. The predicted molar refractivity (Wildman–Crippen MR) is 122 cm³/mol. The first kappa shape index (κ1) is 20.2. The first-order valence-electron chi connectivity index (χ1n) is 9.44. The van der Waals surface area contributed by atoms with Gasteiger partial charge in [-0.25, -0.2) is 0 Å². The highest BCUT2D eigenvalue weighted by Gasteiger charge is 2.15. The van der Waals surface area contributed by atoms with E-state index in [1.807, 2.05) is 72.8 Å². The summed E-state index contributed by atoms with van der Waals surface area (Å²) in [7, 11) is 0. The number of hydrogen-bond donors (Lipinski definition) is 1. The maximum absolute atomic E-state index is 11.1. The van der Waals surface area contributed by atoms with Crippen LogP contribution >= 0.6 is 22.9 Å². The van der Waals surface area contributed by atoms with Crippen molar-refractivity contribution in [2.45, 2.75) is 13.0 Å². The molecule has 0 bridgehead atoms. The third-order valence-electron chi connectivity index (χ3n) is 4.72. The molecule has 0 aliphatic carbocycles. The molecule has 3 aromatic carbocycles. The van der Waals surface area contributed by atoms with Gasteiger partial charge in [0.05, 0.1) is 6.42 Å². The molecule has 30 heavy (non-hydrogen) atoms. The Balaban J connectivity index is 1.70. The van der Waals surface area contributed by atoms with Crippen LogP contribution < -0.4 is 4.74 Å². The second-order valence-electron chi connectivity index (χ2n) is 6.88. The minimum atomic E-state index is -0.843. The van der Waals surface area contributed by atoms with Gasteiger partial charge in [-0.1, -0.05) is 66.2 Å². The molecule has 150 valence electrons. The lowest BCUT2D eigenvalue weighted by Gasteiger charge is -2.14. The van der Waals surface area contributed by atoms with E-state index in [-0.39, 0.29) is 6.42 Å². The van der Waals surface area contributed by atoms with Gasteiger partial charge in [-0.2, -0.15) is 11.3 Å². The highest BCUT2D eigenvalue weighted by atomic mass is 35.5. The quantitative estimate of drug-likeness (QED) is 0.342. The zero-order valence-electron chi connectivity index (χ0n) is 16.0. The van der Waals surface area contributed by atoms with E-state index in [0.29, 0.717) is 11.6 Å². The van der Waals surface area contributed by atoms with Crippen LogP contribution in [-0.2, 0) is 17.8 Å². The lowest BCUT2D eigenvalue weighted by atomic mass is 9.96. The molecule has 0 saturated heterocycles. The summed E-state index contributed by atoms with van der Waals surface area (Å²) in [6.45, 7) is 0.461. The van der Waals surface area contributed by atoms with Crippen LogP contribution in [0, 0.1) is 0 Å². The van der Waals surface area contributed by atoms with Crippen LogP contribution in [0.25, 0.3) is 22.3 Å². The summed E-state index contributed by atoms with van der Waals surface area (Å²) in [6, 6.07) is 23.3. The van der Waals surface area contributed by atoms with Crippen LogP contribution in [0.4, 0.5) is 0 Å². The van der Waals surface area contributed by atoms with Crippen LogP contribution in [0.5, 0.6) is 5.75 Å². The molecule has 3 nitrogen and oxygen atoms in total. The van der Waals surface area contributed by atoms with E-state index in [1.165, 1.54) is 0 Å². The number of rotatable bonds is 7. The molecule has 1 N–H and O–H groups in total. The van der Waals surface area contributed by atoms with Crippen molar-refractivity contribution in [3.8, 4) is 28.0 Å². The maximum Gasteiger partial charge on any atom is 0.307 e. The Bertz CT molecular complexity index is 1170. The summed E-state index contributed by atoms with van der Waals surface area (Å²) in [5.41, 5.74) is 5.78. The van der Waals surface area contributed by atoms with E-state index >= 15 is 0 Å². The SMILES string of the molecule is O=C(O)Cc1cccc(-c2cscc2-c2cc(Cl)ccc2OCc2ccccc2)c1. The lowest BCUT2D eigenvalue weighted by molar-refractivity contribution is -0.136. The van der Waals surface area contributed by atoms with Gasteiger partial charge in [-0.3, -0.25) is 4.79 Å². The highest BCUT2D eigenvalue weighted by molar-refractivity contribution is 7.08. The second kappa shape index (κ2) is 9.16. The fourth-order valence-electron chi connectivity index (χ4n) is 3.33. The minimum Gasteiger partial charge on any atom is -0.488 e. The third kappa shape index (κ3) is 4.73. The number of carbonyl (C=O) groups is 1. The zero-order valence-corrected chi connectivity index (χ0v) is 17.6. The molecule has 4 aromatic rings. The van der Waals surface area contributed by atoms with Crippen molar-refractivity contribution in [2.24, 2.45) is 0 Å². The topological polar surface area (TPSA) is 46.5 Å². The van der Waals surface area contributed by atoms with Gasteiger partial charge >= 0.3 is 5.97 Å². The van der Waals surface area contributed by atoms with Crippen molar-refractivity contribution in [1.29, 1.82) is 0 Å². The van der Waals surface area contributed by atoms with Gasteiger partial charge in [0.2, 0.25) is 0 Å². The molecular weight excluding hydrogens is 416 g/mol. The van der Waals surface area contributed by atoms with E-state index in [1.54, 1.807) is 11.3 Å². The summed E-state index contributed by atoms with van der Waals surface area (Å²) < 4.78 is 6.14. The number of carboxylic acid groups (broad SMARTS) is 1. The Labute approximate surface area is 184 Å². The van der Waals surface area contributed by atoms with Gasteiger partial charge in [0.1, 0.15) is 12.4 Å². The van der Waals surface area contributed by atoms with Gasteiger partial charge in [0.15, 0.2) is 0 Å². The Morgan fingerprint density at radius 2 is 1.63 bits per heavy atom. The van der Waals surface area contributed by atoms with Crippen LogP contribution in [-0.4, -0.2) is 11.1 Å². The number of thiophene rings is 1. The number of ether oxygens (including phenoxy) is 1. The summed E-state index contributed by atoms with van der Waals surface area (Å²) in [6.07, 6.45) is -0.00406. The van der Waals surface area contributed by atoms with Gasteiger partial charge in [0.25, 0.3) is 0 Å². The summed E-state index contributed by atoms with van der Waals surface area (Å²) in [5.74, 6) is -0.0891. The molecule has 0 atom stereocenters. The normalized spacial score (nSPS) is 10.7. The lowest BCUT2D eigenvalue weighted by Crippen LogP contribution is -2.00. The van der Waals surface area contributed by atoms with Crippen molar-refractivity contribution < 1.29 is 14.6 Å². The van der Waals surface area contributed by atoms with Gasteiger partial charge in [0, 0.05) is 21.7 Å². The monoisotopic (exact) mass is 434 g/mol. The van der Waals surface area contributed by atoms with Crippen LogP contribution in [0.1, 0.15) is 11.1 Å². The van der Waals surface area contributed by atoms with Crippen molar-refractivity contribution >= 4 is 28.9 Å². The van der Waals surface area contributed by atoms with Gasteiger partial charge < -0.3 is 9.84 Å². The van der Waals surface area contributed by atoms with Gasteiger partial charge in [-0.05, 0) is 45.6 Å². The van der Waals surface area contributed by atoms with Crippen LogP contribution in [0.2, 0.25) is 5.02 Å². The maximum atomic E-state index is 11.1. The number of halogens is 1. The standard InChI is InChI=1S/C25H19ClO3S/c26-20-9-10-24(29-14-17-5-2-1-3-6-17)21(13-20)23-16-30-15-22(23)19-8-4-7-18(11-19)12-25(27)28/h1-11,13,15-16H,12,14H2,(H,27,28). The second-order valence-corrected chi connectivity index (χ2v) is 8.06. The molecule has 0 fully saturated rings. The largest absolute Gasteiger partial charge is 0.488 e. The average Bonchev–Trinajstić information content (AvgIpc) is 3.23. The molecule has 0 spiro atoms. The number of carboxylic acids is 1. The first-order chi connectivity index (χ1) is 14.6. The Morgan fingerprint density at radius 3 is 2.43 bits per heavy atom. The summed E-state index contributed by atoms with van der Waals surface area (Å²) >= 11 is 7.90. The molecular formula is C25H19ClO3S. The highest BCUT2D eigenvalue weighted by Crippen LogP contribution is 2.41. The summed E-state index contributed by atoms with van der Waals surface area (Å²) in [4.78, 5) is 11.1. The predicted octanol–water partition coefficient (Wildman–Crippen LogP) is 6.94. The molecule has 0 radical (unpaired) electrons. The van der Waals surface area contributed by atoms with E-state index in [4.69, 9.17) is 21.4 Å². The van der Waals surface area contributed by atoms with E-state index < -0.39 is 5.97 Å². The molecule has 0 amide bonds. The van der Waals surface area contributed by atoms with Crippen molar-refractivity contribution in [3.63, 3.8) is 0 Å². The number of hydrogen-bond acceptors (Lipinski definition) is 3. The van der Waals surface area contributed by atoms with Crippen LogP contribution in [0.15, 0.2) is 83.6 Å². The van der Waals surface area contributed by atoms with Crippen molar-refractivity contribution in [1.82, 2.24) is 0 Å². The zero-order chi connectivity index (χ0) is 20.9. The molecule has 1 aromatic heterocycles. The third-order valence-corrected chi connectivity index (χ3v) is 5.70. The van der Waals surface area contributed by atoms with Gasteiger partial charge in [-0.15, -0.1) is 0 Å². The molecule has 0 unspecified atom stereocenters. The van der Waals surface area contributed by atoms with Crippen molar-refractivity contribution in [3.05, 3.63) is 99.7 Å². The fourth-order valence-corrected chi connectivity index (χ4v) is 4.36. The molecule has 0 saturated carbocycles. The molecule has 4 rings (SSSR count). The Morgan fingerprint density at radius 1 is 0.867 bits per heavy atom. The Kier molecular flexibility index (Phi) is 6.17. The summed E-state index contributed by atoms with van der Waals surface area (Å²) in [5, 5.41) is 13.9. The van der Waals surface area contributed by atoms with E-state index in [9.17, 15) is 4.79 Å². The molecule has 5 heteroatoms. The molecule has 1 heterocycles. The smallest absolute Gasteiger partial charge is 0.307 e. The van der Waals surface area contributed by atoms with E-state index in [0.717, 1.165) is 39.1 Å².